The maximum Gasteiger partial charge on any atom is 0.309 e. The fourth-order valence-electron chi connectivity index (χ4n) is 6.21. The van der Waals surface area contributed by atoms with E-state index in [1.54, 1.807) is 0 Å². The number of hydrogen-bond donors (Lipinski definition) is 2. The molecule has 0 aliphatic heterocycles. The summed E-state index contributed by atoms with van der Waals surface area (Å²) in [6, 6.07) is 0. The maximum atomic E-state index is 12.9. The van der Waals surface area contributed by atoms with E-state index in [2.05, 4.69) is 27.7 Å². The molecule has 4 nitrogen and oxygen atoms in total. The first-order chi connectivity index (χ1) is 18.8. The molecule has 0 heterocycles. The maximum absolute atomic E-state index is 12.9. The third-order valence-corrected chi connectivity index (χ3v) is 9.03. The standard InChI is InChI=1S/C35H68O4/c1-5-7-9-11-20-24-28-35(34(38)39,29-25-21-12-10-8-6-2)30-32(31(3)4)26-22-18-16-14-13-15-17-19-23-27-33(36)37/h31-32H,5-30H2,1-4H3,(H,36,37)(H,38,39). The van der Waals surface area contributed by atoms with Crippen molar-refractivity contribution >= 4 is 11.9 Å². The van der Waals surface area contributed by atoms with Crippen molar-refractivity contribution in [3.05, 3.63) is 0 Å². The lowest BCUT2D eigenvalue weighted by Crippen LogP contribution is -2.35. The van der Waals surface area contributed by atoms with Crippen molar-refractivity contribution < 1.29 is 19.8 Å². The first-order valence-electron chi connectivity index (χ1n) is 17.2. The largest absolute Gasteiger partial charge is 0.481 e. The zero-order chi connectivity index (χ0) is 29.2. The summed E-state index contributed by atoms with van der Waals surface area (Å²) in [4.78, 5) is 23.4. The summed E-state index contributed by atoms with van der Waals surface area (Å²) >= 11 is 0. The summed E-state index contributed by atoms with van der Waals surface area (Å²) in [5, 5.41) is 19.3. The Balaban J connectivity index is 4.72. The van der Waals surface area contributed by atoms with Gasteiger partial charge in [0.1, 0.15) is 0 Å². The SMILES string of the molecule is CCCCCCCCC(CCCCCCCC)(CC(CCCCCCCCCCCC(=O)O)C(C)C)C(=O)O. The predicted octanol–water partition coefficient (Wildman–Crippen LogP) is 11.6. The van der Waals surface area contributed by atoms with Gasteiger partial charge in [-0.15, -0.1) is 0 Å². The van der Waals surface area contributed by atoms with Gasteiger partial charge in [-0.1, -0.05) is 163 Å². The molecule has 0 rings (SSSR count). The van der Waals surface area contributed by atoms with E-state index in [-0.39, 0.29) is 0 Å². The molecule has 0 saturated heterocycles. The van der Waals surface area contributed by atoms with E-state index in [4.69, 9.17) is 5.11 Å². The van der Waals surface area contributed by atoms with Crippen LogP contribution in [0.3, 0.4) is 0 Å². The van der Waals surface area contributed by atoms with Crippen LogP contribution in [0, 0.1) is 17.3 Å². The van der Waals surface area contributed by atoms with Gasteiger partial charge in [-0.3, -0.25) is 9.59 Å². The zero-order valence-electron chi connectivity index (χ0n) is 26.8. The topological polar surface area (TPSA) is 74.6 Å². The van der Waals surface area contributed by atoms with Gasteiger partial charge < -0.3 is 10.2 Å². The molecular formula is C35H68O4. The highest BCUT2D eigenvalue weighted by molar-refractivity contribution is 5.74. The van der Waals surface area contributed by atoms with Gasteiger partial charge in [0.15, 0.2) is 0 Å². The third-order valence-electron chi connectivity index (χ3n) is 9.03. The highest BCUT2D eigenvalue weighted by Gasteiger charge is 2.39. The average molecular weight is 553 g/mol. The van der Waals surface area contributed by atoms with Gasteiger partial charge in [0.05, 0.1) is 5.41 Å². The summed E-state index contributed by atoms with van der Waals surface area (Å²) in [6.07, 6.45) is 29.1. The Morgan fingerprint density at radius 3 is 1.33 bits per heavy atom. The molecule has 1 atom stereocenters. The quantitative estimate of drug-likeness (QED) is 0.0869. The smallest absolute Gasteiger partial charge is 0.309 e. The molecule has 0 spiro atoms. The molecular weight excluding hydrogens is 484 g/mol. The lowest BCUT2D eigenvalue weighted by Gasteiger charge is -2.35. The Hall–Kier alpha value is -1.06. The monoisotopic (exact) mass is 553 g/mol. The number of rotatable bonds is 30. The van der Waals surface area contributed by atoms with Crippen molar-refractivity contribution in [1.29, 1.82) is 0 Å². The van der Waals surface area contributed by atoms with Crippen LogP contribution in [0.15, 0.2) is 0 Å². The van der Waals surface area contributed by atoms with E-state index in [0.29, 0.717) is 18.3 Å². The fourth-order valence-corrected chi connectivity index (χ4v) is 6.21. The van der Waals surface area contributed by atoms with Crippen molar-refractivity contribution in [3.8, 4) is 0 Å². The van der Waals surface area contributed by atoms with Crippen LogP contribution in [0.2, 0.25) is 0 Å². The number of hydrogen-bond acceptors (Lipinski definition) is 2. The lowest BCUT2D eigenvalue weighted by atomic mass is 9.68. The molecule has 0 radical (unpaired) electrons. The normalized spacial score (nSPS) is 12.7. The molecule has 0 aliphatic rings. The van der Waals surface area contributed by atoms with Crippen LogP contribution in [-0.2, 0) is 9.59 Å². The highest BCUT2D eigenvalue weighted by atomic mass is 16.4. The first-order valence-corrected chi connectivity index (χ1v) is 17.2. The van der Waals surface area contributed by atoms with Gasteiger partial charge in [0, 0.05) is 6.42 Å². The van der Waals surface area contributed by atoms with E-state index in [0.717, 1.165) is 57.8 Å². The van der Waals surface area contributed by atoms with Crippen LogP contribution < -0.4 is 0 Å². The second-order valence-corrected chi connectivity index (χ2v) is 12.9. The van der Waals surface area contributed by atoms with Gasteiger partial charge in [-0.25, -0.2) is 0 Å². The summed E-state index contributed by atoms with van der Waals surface area (Å²) in [6.45, 7) is 9.10. The molecule has 0 aromatic carbocycles. The van der Waals surface area contributed by atoms with Gasteiger partial charge in [0.25, 0.3) is 0 Å². The van der Waals surface area contributed by atoms with Crippen LogP contribution in [-0.4, -0.2) is 22.2 Å². The Morgan fingerprint density at radius 2 is 0.949 bits per heavy atom. The van der Waals surface area contributed by atoms with Crippen molar-refractivity contribution in [3.63, 3.8) is 0 Å². The molecule has 0 aromatic heterocycles. The Labute approximate surface area is 243 Å². The Bertz CT molecular complexity index is 555. The van der Waals surface area contributed by atoms with E-state index in [1.165, 1.54) is 103 Å². The Kier molecular flexibility index (Phi) is 25.2. The lowest BCUT2D eigenvalue weighted by molar-refractivity contribution is -0.152. The highest BCUT2D eigenvalue weighted by Crippen LogP contribution is 2.42. The number of carboxylic acid groups (broad SMARTS) is 2. The molecule has 0 fully saturated rings. The molecule has 0 aliphatic carbocycles. The van der Waals surface area contributed by atoms with Crippen molar-refractivity contribution in [2.75, 3.05) is 0 Å². The molecule has 0 saturated carbocycles. The fraction of sp³-hybridized carbons (Fsp3) is 0.943. The molecule has 0 bridgehead atoms. The van der Waals surface area contributed by atoms with Crippen LogP contribution >= 0.6 is 0 Å². The van der Waals surface area contributed by atoms with E-state index >= 15 is 0 Å². The predicted molar refractivity (Wildman–Crippen MR) is 167 cm³/mol. The number of aliphatic carboxylic acids is 2. The minimum atomic E-state index is -0.680. The third kappa shape index (κ3) is 21.4. The molecule has 39 heavy (non-hydrogen) atoms. The molecule has 4 heteroatoms. The number of carboxylic acids is 2. The summed E-state index contributed by atoms with van der Waals surface area (Å²) < 4.78 is 0. The summed E-state index contributed by atoms with van der Waals surface area (Å²) in [7, 11) is 0. The van der Waals surface area contributed by atoms with Crippen LogP contribution in [0.5, 0.6) is 0 Å². The molecule has 232 valence electrons. The second kappa shape index (κ2) is 25.9. The van der Waals surface area contributed by atoms with Crippen molar-refractivity contribution in [2.24, 2.45) is 17.3 Å². The molecule has 2 N–H and O–H groups in total. The van der Waals surface area contributed by atoms with Gasteiger partial charge in [-0.05, 0) is 37.5 Å². The number of unbranched alkanes of at least 4 members (excludes halogenated alkanes) is 18. The molecule has 1 unspecified atom stereocenters. The van der Waals surface area contributed by atoms with E-state index < -0.39 is 17.4 Å². The Morgan fingerprint density at radius 1 is 0.564 bits per heavy atom. The summed E-state index contributed by atoms with van der Waals surface area (Å²) in [5.74, 6) is -0.183. The van der Waals surface area contributed by atoms with E-state index in [1.807, 2.05) is 0 Å². The second-order valence-electron chi connectivity index (χ2n) is 12.9. The van der Waals surface area contributed by atoms with Crippen LogP contribution in [0.25, 0.3) is 0 Å². The van der Waals surface area contributed by atoms with Gasteiger partial charge >= 0.3 is 11.9 Å². The summed E-state index contributed by atoms with van der Waals surface area (Å²) in [5.41, 5.74) is -0.537. The first kappa shape index (κ1) is 37.9. The van der Waals surface area contributed by atoms with Gasteiger partial charge in [-0.2, -0.15) is 0 Å². The zero-order valence-corrected chi connectivity index (χ0v) is 26.8. The molecule has 0 amide bonds. The number of carbonyl (C=O) groups is 2. The van der Waals surface area contributed by atoms with Crippen LogP contribution in [0.1, 0.15) is 195 Å². The van der Waals surface area contributed by atoms with Gasteiger partial charge in [0.2, 0.25) is 0 Å². The van der Waals surface area contributed by atoms with Crippen molar-refractivity contribution in [2.45, 2.75) is 195 Å². The minimum Gasteiger partial charge on any atom is -0.481 e. The van der Waals surface area contributed by atoms with Crippen LogP contribution in [0.4, 0.5) is 0 Å². The average Bonchev–Trinajstić information content (AvgIpc) is 2.89. The van der Waals surface area contributed by atoms with E-state index in [9.17, 15) is 14.7 Å². The minimum absolute atomic E-state index is 0.304. The van der Waals surface area contributed by atoms with Crippen molar-refractivity contribution in [1.82, 2.24) is 0 Å². The molecule has 0 aromatic rings.